The number of nitrogens with one attached hydrogen (secondary N) is 1. The summed E-state index contributed by atoms with van der Waals surface area (Å²) in [6.07, 6.45) is 0. The summed E-state index contributed by atoms with van der Waals surface area (Å²) in [7, 11) is 1.63. The van der Waals surface area contributed by atoms with Crippen LogP contribution in [-0.2, 0) is 9.31 Å². The fourth-order valence-electron chi connectivity index (χ4n) is 2.93. The zero-order valence-corrected chi connectivity index (χ0v) is 15.8. The molecule has 2 aliphatic heterocycles. The van der Waals surface area contributed by atoms with Crippen molar-refractivity contribution in [3.05, 3.63) is 29.8 Å². The summed E-state index contributed by atoms with van der Waals surface area (Å²) in [5.74, 6) is -0.0945. The molecular weight excluding hydrogens is 317 g/mol. The molecule has 1 aromatic rings. The number of carbonyl (C=O) groups excluding carboxylic acids is 1. The van der Waals surface area contributed by atoms with Gasteiger partial charge in [-0.25, -0.2) is 5.01 Å². The lowest BCUT2D eigenvalue weighted by molar-refractivity contribution is 0.00578. The zero-order chi connectivity index (χ0) is 18.2. The normalized spacial score (nSPS) is 23.6. The van der Waals surface area contributed by atoms with Gasteiger partial charge in [0, 0.05) is 31.7 Å². The maximum atomic E-state index is 12.6. The number of piperazine rings is 1. The highest BCUT2D eigenvalue weighted by Crippen LogP contribution is 2.36. The molecule has 2 heterocycles. The Morgan fingerprint density at radius 3 is 2.28 bits per heavy atom. The third kappa shape index (κ3) is 3.90. The highest BCUT2D eigenvalue weighted by atomic mass is 16.7. The van der Waals surface area contributed by atoms with Crippen molar-refractivity contribution in [3.63, 3.8) is 0 Å². The Morgan fingerprint density at radius 2 is 1.68 bits per heavy atom. The van der Waals surface area contributed by atoms with Gasteiger partial charge in [-0.1, -0.05) is 12.1 Å². The van der Waals surface area contributed by atoms with Gasteiger partial charge in [0.2, 0.25) is 0 Å². The molecule has 2 aliphatic rings. The van der Waals surface area contributed by atoms with Crippen LogP contribution < -0.4 is 10.9 Å². The minimum atomic E-state index is -0.457. The molecule has 2 fully saturated rings. The summed E-state index contributed by atoms with van der Waals surface area (Å²) < 4.78 is 12.2. The minimum Gasteiger partial charge on any atom is -0.399 e. The fourth-order valence-corrected chi connectivity index (χ4v) is 2.93. The van der Waals surface area contributed by atoms with Gasteiger partial charge in [0.1, 0.15) is 0 Å². The summed E-state index contributed by atoms with van der Waals surface area (Å²) in [5.41, 5.74) is 3.69. The van der Waals surface area contributed by atoms with E-state index < -0.39 is 18.3 Å². The molecule has 0 bridgehead atoms. The molecule has 2 saturated heterocycles. The van der Waals surface area contributed by atoms with E-state index in [-0.39, 0.29) is 5.91 Å². The van der Waals surface area contributed by atoms with Gasteiger partial charge in [0.25, 0.3) is 5.91 Å². The molecule has 7 heteroatoms. The molecule has 25 heavy (non-hydrogen) atoms. The topological polar surface area (TPSA) is 54.0 Å². The van der Waals surface area contributed by atoms with Gasteiger partial charge in [-0.05, 0) is 52.3 Å². The van der Waals surface area contributed by atoms with Crippen LogP contribution in [0.3, 0.4) is 0 Å². The number of nitrogens with zero attached hydrogens (tertiary/aromatic N) is 2. The molecule has 0 aromatic heterocycles. The molecule has 1 N–H and O–H groups in total. The van der Waals surface area contributed by atoms with Gasteiger partial charge < -0.3 is 14.2 Å². The van der Waals surface area contributed by atoms with E-state index in [0.717, 1.165) is 31.6 Å². The second-order valence-corrected chi connectivity index (χ2v) is 7.94. The number of benzene rings is 1. The Morgan fingerprint density at radius 1 is 1.08 bits per heavy atom. The Kier molecular flexibility index (Phi) is 4.94. The maximum absolute atomic E-state index is 12.6. The van der Waals surface area contributed by atoms with Crippen LogP contribution in [0.25, 0.3) is 0 Å². The van der Waals surface area contributed by atoms with E-state index in [4.69, 9.17) is 9.31 Å². The predicted molar refractivity (Wildman–Crippen MR) is 98.7 cm³/mol. The summed E-state index contributed by atoms with van der Waals surface area (Å²) in [6.45, 7) is 11.7. The summed E-state index contributed by atoms with van der Waals surface area (Å²) in [6, 6.07) is 7.49. The van der Waals surface area contributed by atoms with E-state index in [9.17, 15) is 4.79 Å². The van der Waals surface area contributed by atoms with Crippen LogP contribution in [0.1, 0.15) is 38.1 Å². The Balaban J connectivity index is 1.68. The maximum Gasteiger partial charge on any atom is 0.494 e. The van der Waals surface area contributed by atoms with Crippen molar-refractivity contribution in [2.24, 2.45) is 0 Å². The van der Waals surface area contributed by atoms with Crippen LogP contribution in [-0.4, -0.2) is 67.4 Å². The molecular formula is C18H28BN3O3. The van der Waals surface area contributed by atoms with E-state index in [1.54, 1.807) is 0 Å². The highest BCUT2D eigenvalue weighted by Gasteiger charge is 2.51. The lowest BCUT2D eigenvalue weighted by Gasteiger charge is -2.32. The average molecular weight is 345 g/mol. The van der Waals surface area contributed by atoms with Gasteiger partial charge in [-0.15, -0.1) is 0 Å². The number of rotatable bonds is 3. The molecule has 6 nitrogen and oxygen atoms in total. The number of hydrogen-bond acceptors (Lipinski definition) is 5. The first kappa shape index (κ1) is 18.4. The fraction of sp³-hybridized carbons (Fsp3) is 0.611. The molecule has 0 saturated carbocycles. The van der Waals surface area contributed by atoms with Crippen molar-refractivity contribution in [2.75, 3.05) is 33.2 Å². The first-order valence-electron chi connectivity index (χ1n) is 8.88. The van der Waals surface area contributed by atoms with Crippen molar-refractivity contribution >= 4 is 18.5 Å². The molecule has 3 rings (SSSR count). The van der Waals surface area contributed by atoms with E-state index in [0.29, 0.717) is 5.56 Å². The standard InChI is InChI=1S/C18H28BN3O3/c1-17(2)18(3,4)25-19(24-17)15-8-6-7-14(13-15)16(23)20-22-11-9-21(5)10-12-22/h6-8,13H,9-12H2,1-5H3,(H,20,23). The Bertz CT molecular complexity index is 626. The third-order valence-electron chi connectivity index (χ3n) is 5.44. The SMILES string of the molecule is CN1CCN(NC(=O)c2cccc(B3OC(C)(C)C(C)(C)O3)c2)CC1. The van der Waals surface area contributed by atoms with Crippen molar-refractivity contribution in [3.8, 4) is 0 Å². The second-order valence-electron chi connectivity index (χ2n) is 7.94. The van der Waals surface area contributed by atoms with Crippen molar-refractivity contribution in [1.29, 1.82) is 0 Å². The van der Waals surface area contributed by atoms with Crippen molar-refractivity contribution < 1.29 is 14.1 Å². The van der Waals surface area contributed by atoms with Crippen LogP contribution in [0.4, 0.5) is 0 Å². The summed E-state index contributed by atoms with van der Waals surface area (Å²) in [4.78, 5) is 14.8. The molecule has 0 radical (unpaired) electrons. The molecule has 0 spiro atoms. The van der Waals surface area contributed by atoms with Crippen LogP contribution >= 0.6 is 0 Å². The van der Waals surface area contributed by atoms with Crippen LogP contribution in [0.2, 0.25) is 0 Å². The van der Waals surface area contributed by atoms with Gasteiger partial charge in [0.05, 0.1) is 11.2 Å². The number of carbonyl (C=O) groups is 1. The molecule has 0 atom stereocenters. The Labute approximate surface area is 150 Å². The Hall–Kier alpha value is -1.41. The lowest BCUT2D eigenvalue weighted by atomic mass is 9.78. The molecule has 1 amide bonds. The van der Waals surface area contributed by atoms with Gasteiger partial charge in [-0.3, -0.25) is 10.2 Å². The van der Waals surface area contributed by atoms with E-state index >= 15 is 0 Å². The van der Waals surface area contributed by atoms with Crippen molar-refractivity contribution in [2.45, 2.75) is 38.9 Å². The quantitative estimate of drug-likeness (QED) is 0.825. The smallest absolute Gasteiger partial charge is 0.399 e. The number of hydrogen-bond donors (Lipinski definition) is 1. The molecule has 1 aromatic carbocycles. The first-order chi connectivity index (χ1) is 11.7. The highest BCUT2D eigenvalue weighted by molar-refractivity contribution is 6.62. The van der Waals surface area contributed by atoms with Crippen molar-refractivity contribution in [1.82, 2.24) is 15.3 Å². The predicted octanol–water partition coefficient (Wildman–Crippen LogP) is 0.878. The zero-order valence-electron chi connectivity index (χ0n) is 15.8. The summed E-state index contributed by atoms with van der Waals surface area (Å²) in [5, 5.41) is 1.98. The summed E-state index contributed by atoms with van der Waals surface area (Å²) >= 11 is 0. The van der Waals surface area contributed by atoms with Crippen LogP contribution in [0, 0.1) is 0 Å². The number of amides is 1. The average Bonchev–Trinajstić information content (AvgIpc) is 2.78. The van der Waals surface area contributed by atoms with E-state index in [1.165, 1.54) is 0 Å². The number of hydrazine groups is 1. The van der Waals surface area contributed by atoms with Crippen LogP contribution in [0.15, 0.2) is 24.3 Å². The van der Waals surface area contributed by atoms with Gasteiger partial charge in [-0.2, -0.15) is 0 Å². The second kappa shape index (κ2) is 6.72. The van der Waals surface area contributed by atoms with E-state index in [1.807, 2.05) is 57.0 Å². The monoisotopic (exact) mass is 345 g/mol. The minimum absolute atomic E-state index is 0.0945. The number of likely N-dealkylation sites (N-methyl/N-ethyl adjacent to an activating group) is 1. The van der Waals surface area contributed by atoms with E-state index in [2.05, 4.69) is 17.4 Å². The first-order valence-corrected chi connectivity index (χ1v) is 8.88. The molecule has 0 unspecified atom stereocenters. The van der Waals surface area contributed by atoms with Crippen LogP contribution in [0.5, 0.6) is 0 Å². The lowest BCUT2D eigenvalue weighted by Crippen LogP contribution is -2.52. The third-order valence-corrected chi connectivity index (χ3v) is 5.44. The van der Waals surface area contributed by atoms with Gasteiger partial charge in [0.15, 0.2) is 0 Å². The van der Waals surface area contributed by atoms with Gasteiger partial charge >= 0.3 is 7.12 Å². The largest absolute Gasteiger partial charge is 0.494 e. The molecule has 136 valence electrons. The molecule has 0 aliphatic carbocycles.